The normalized spacial score (nSPS) is 17.8. The van der Waals surface area contributed by atoms with Gasteiger partial charge in [0.1, 0.15) is 11.9 Å². The van der Waals surface area contributed by atoms with Crippen molar-refractivity contribution < 1.29 is 14.0 Å². The Labute approximate surface area is 133 Å². The third kappa shape index (κ3) is 2.48. The number of fused-ring (bicyclic) bond motifs is 1. The van der Waals surface area contributed by atoms with Crippen LogP contribution in [0.2, 0.25) is 0 Å². The van der Waals surface area contributed by atoms with Crippen LogP contribution >= 0.6 is 0 Å². The molecule has 2 amide bonds. The van der Waals surface area contributed by atoms with Gasteiger partial charge in [0.05, 0.1) is 6.04 Å². The highest BCUT2D eigenvalue weighted by molar-refractivity contribution is 6.04. The highest BCUT2D eigenvalue weighted by Gasteiger charge is 2.43. The molecule has 2 atom stereocenters. The first-order valence-corrected chi connectivity index (χ1v) is 7.43. The largest absolute Gasteiger partial charge is 0.357 e. The molecule has 5 heteroatoms. The SMILES string of the molecule is CNC(=O)C1c2cc(F)ccc2C(=O)N1[C@H](C)c1ccccc1. The number of amides is 2. The van der Waals surface area contributed by atoms with Gasteiger partial charge in [-0.25, -0.2) is 4.39 Å². The Hall–Kier alpha value is -2.69. The van der Waals surface area contributed by atoms with Gasteiger partial charge in [0.15, 0.2) is 0 Å². The number of nitrogens with one attached hydrogen (secondary N) is 1. The maximum absolute atomic E-state index is 13.6. The first kappa shape index (κ1) is 15.2. The molecule has 2 aromatic rings. The van der Waals surface area contributed by atoms with Crippen LogP contribution in [-0.2, 0) is 4.79 Å². The minimum atomic E-state index is -0.826. The predicted octanol–water partition coefficient (Wildman–Crippen LogP) is 2.83. The number of carbonyl (C=O) groups is 2. The number of hydrogen-bond acceptors (Lipinski definition) is 2. The summed E-state index contributed by atoms with van der Waals surface area (Å²) in [5, 5.41) is 2.57. The van der Waals surface area contributed by atoms with E-state index < -0.39 is 11.9 Å². The molecule has 0 bridgehead atoms. The average Bonchev–Trinajstić information content (AvgIpc) is 2.86. The van der Waals surface area contributed by atoms with Gasteiger partial charge >= 0.3 is 0 Å². The van der Waals surface area contributed by atoms with Crippen LogP contribution in [0.25, 0.3) is 0 Å². The summed E-state index contributed by atoms with van der Waals surface area (Å²) in [7, 11) is 1.51. The maximum Gasteiger partial charge on any atom is 0.255 e. The second-order valence-electron chi connectivity index (χ2n) is 5.55. The van der Waals surface area contributed by atoms with Crippen LogP contribution in [-0.4, -0.2) is 23.8 Å². The van der Waals surface area contributed by atoms with Crippen molar-refractivity contribution in [2.45, 2.75) is 19.0 Å². The van der Waals surface area contributed by atoms with E-state index in [1.165, 1.54) is 30.1 Å². The Bertz CT molecular complexity index is 761. The highest BCUT2D eigenvalue weighted by atomic mass is 19.1. The summed E-state index contributed by atoms with van der Waals surface area (Å²) >= 11 is 0. The van der Waals surface area contributed by atoms with Gasteiger partial charge in [0.2, 0.25) is 5.91 Å². The highest BCUT2D eigenvalue weighted by Crippen LogP contribution is 2.40. The van der Waals surface area contributed by atoms with E-state index in [1.807, 2.05) is 37.3 Å². The van der Waals surface area contributed by atoms with Gasteiger partial charge in [-0.1, -0.05) is 30.3 Å². The van der Waals surface area contributed by atoms with Crippen molar-refractivity contribution in [3.05, 3.63) is 71.0 Å². The summed E-state index contributed by atoms with van der Waals surface area (Å²) in [5.74, 6) is -1.05. The molecule has 0 aliphatic carbocycles. The molecule has 0 spiro atoms. The first-order valence-electron chi connectivity index (χ1n) is 7.43. The maximum atomic E-state index is 13.6. The second kappa shape index (κ2) is 5.83. The minimum absolute atomic E-state index is 0.259. The molecule has 1 aliphatic heterocycles. The first-order chi connectivity index (χ1) is 11.0. The van der Waals surface area contributed by atoms with Crippen molar-refractivity contribution >= 4 is 11.8 Å². The van der Waals surface area contributed by atoms with Crippen molar-refractivity contribution in [1.29, 1.82) is 0 Å². The molecular formula is C18H17FN2O2. The number of hydrogen-bond donors (Lipinski definition) is 1. The summed E-state index contributed by atoms with van der Waals surface area (Å²) in [5.41, 5.74) is 1.71. The van der Waals surface area contributed by atoms with E-state index in [9.17, 15) is 14.0 Å². The smallest absolute Gasteiger partial charge is 0.255 e. The number of likely N-dealkylation sites (N-methyl/N-ethyl adjacent to an activating group) is 1. The molecule has 23 heavy (non-hydrogen) atoms. The molecule has 4 nitrogen and oxygen atoms in total. The van der Waals surface area contributed by atoms with E-state index in [2.05, 4.69) is 5.32 Å². The molecule has 1 aliphatic rings. The monoisotopic (exact) mass is 312 g/mol. The van der Waals surface area contributed by atoms with Crippen LogP contribution in [0.1, 0.15) is 40.5 Å². The van der Waals surface area contributed by atoms with E-state index in [0.29, 0.717) is 11.1 Å². The predicted molar refractivity (Wildman–Crippen MR) is 84.2 cm³/mol. The molecule has 0 saturated heterocycles. The molecular weight excluding hydrogens is 295 g/mol. The second-order valence-corrected chi connectivity index (χ2v) is 5.55. The van der Waals surface area contributed by atoms with Crippen molar-refractivity contribution in [3.63, 3.8) is 0 Å². The van der Waals surface area contributed by atoms with Gasteiger partial charge < -0.3 is 10.2 Å². The summed E-state index contributed by atoms with van der Waals surface area (Å²) in [6.45, 7) is 1.87. The van der Waals surface area contributed by atoms with Crippen molar-refractivity contribution in [1.82, 2.24) is 10.2 Å². The Morgan fingerprint density at radius 1 is 1.22 bits per heavy atom. The van der Waals surface area contributed by atoms with Gasteiger partial charge in [-0.05, 0) is 36.2 Å². The van der Waals surface area contributed by atoms with Crippen LogP contribution in [0, 0.1) is 5.82 Å². The molecule has 0 radical (unpaired) electrons. The number of halogens is 1. The zero-order valence-corrected chi connectivity index (χ0v) is 12.9. The zero-order chi connectivity index (χ0) is 16.6. The fourth-order valence-electron chi connectivity index (χ4n) is 3.06. The average molecular weight is 312 g/mol. The lowest BCUT2D eigenvalue weighted by Crippen LogP contribution is -2.39. The quantitative estimate of drug-likeness (QED) is 0.947. The lowest BCUT2D eigenvalue weighted by molar-refractivity contribution is -0.125. The van der Waals surface area contributed by atoms with E-state index in [1.54, 1.807) is 0 Å². The zero-order valence-electron chi connectivity index (χ0n) is 12.9. The van der Waals surface area contributed by atoms with Crippen LogP contribution in [0.3, 0.4) is 0 Å². The fourth-order valence-corrected chi connectivity index (χ4v) is 3.06. The standard InChI is InChI=1S/C18H17FN2O2/c1-11(12-6-4-3-5-7-12)21-16(17(22)20-2)15-10-13(19)8-9-14(15)18(21)23/h3-11,16H,1-2H3,(H,20,22)/t11-,16?/m1/s1. The van der Waals surface area contributed by atoms with Gasteiger partial charge in [-0.3, -0.25) is 9.59 Å². The summed E-state index contributed by atoms with van der Waals surface area (Å²) in [4.78, 5) is 26.6. The van der Waals surface area contributed by atoms with Gasteiger partial charge in [0, 0.05) is 12.6 Å². The van der Waals surface area contributed by atoms with E-state index in [4.69, 9.17) is 0 Å². The van der Waals surface area contributed by atoms with Gasteiger partial charge in [0.25, 0.3) is 5.91 Å². The Kier molecular flexibility index (Phi) is 3.86. The van der Waals surface area contributed by atoms with E-state index in [0.717, 1.165) is 5.56 Å². The fraction of sp³-hybridized carbons (Fsp3) is 0.222. The number of carbonyl (C=O) groups excluding carboxylic acids is 2. The lowest BCUT2D eigenvalue weighted by Gasteiger charge is -2.30. The minimum Gasteiger partial charge on any atom is -0.357 e. The Balaban J connectivity index is 2.09. The van der Waals surface area contributed by atoms with Crippen LogP contribution in [0.5, 0.6) is 0 Å². The van der Waals surface area contributed by atoms with Crippen molar-refractivity contribution in [2.75, 3.05) is 7.05 Å². The molecule has 2 aromatic carbocycles. The molecule has 0 aromatic heterocycles. The van der Waals surface area contributed by atoms with Crippen molar-refractivity contribution in [2.24, 2.45) is 0 Å². The molecule has 0 saturated carbocycles. The van der Waals surface area contributed by atoms with E-state index >= 15 is 0 Å². The summed E-state index contributed by atoms with van der Waals surface area (Å²) in [6, 6.07) is 12.3. The number of benzene rings is 2. The third-order valence-corrected chi connectivity index (χ3v) is 4.25. The molecule has 0 fully saturated rings. The van der Waals surface area contributed by atoms with Crippen molar-refractivity contribution in [3.8, 4) is 0 Å². The summed E-state index contributed by atoms with van der Waals surface area (Å²) in [6.07, 6.45) is 0. The number of nitrogens with zero attached hydrogens (tertiary/aromatic N) is 1. The molecule has 118 valence electrons. The van der Waals surface area contributed by atoms with Crippen LogP contribution in [0.4, 0.5) is 4.39 Å². The number of rotatable bonds is 3. The van der Waals surface area contributed by atoms with Gasteiger partial charge in [-0.2, -0.15) is 0 Å². The van der Waals surface area contributed by atoms with Crippen LogP contribution < -0.4 is 5.32 Å². The summed E-state index contributed by atoms with van der Waals surface area (Å²) < 4.78 is 13.6. The molecule has 3 rings (SSSR count). The topological polar surface area (TPSA) is 49.4 Å². The van der Waals surface area contributed by atoms with E-state index in [-0.39, 0.29) is 17.9 Å². The van der Waals surface area contributed by atoms with Gasteiger partial charge in [-0.15, -0.1) is 0 Å². The Morgan fingerprint density at radius 2 is 1.91 bits per heavy atom. The molecule has 1 heterocycles. The Morgan fingerprint density at radius 3 is 2.57 bits per heavy atom. The van der Waals surface area contributed by atoms with Crippen LogP contribution in [0.15, 0.2) is 48.5 Å². The third-order valence-electron chi connectivity index (χ3n) is 4.25. The lowest BCUT2D eigenvalue weighted by atomic mass is 10.0. The molecule has 1 N–H and O–H groups in total. The molecule has 1 unspecified atom stereocenters.